The van der Waals surface area contributed by atoms with E-state index in [4.69, 9.17) is 9.98 Å². The molecule has 2 nitrogen and oxygen atoms in total. The van der Waals surface area contributed by atoms with Crippen LogP contribution in [-0.2, 0) is 5.41 Å². The number of amidine groups is 1. The van der Waals surface area contributed by atoms with E-state index in [9.17, 15) is 0 Å². The molecule has 0 radical (unpaired) electrons. The van der Waals surface area contributed by atoms with E-state index >= 15 is 0 Å². The van der Waals surface area contributed by atoms with Gasteiger partial charge in [-0.05, 0) is 102 Å². The lowest BCUT2D eigenvalue weighted by Crippen LogP contribution is -2.25. The van der Waals surface area contributed by atoms with Crippen molar-refractivity contribution >= 4 is 17.2 Å². The van der Waals surface area contributed by atoms with E-state index in [1.165, 1.54) is 66.8 Å². The molecule has 0 amide bonds. The fraction of sp³-hybridized carbons (Fsp3) is 0.0164. The first-order chi connectivity index (χ1) is 31.1. The Morgan fingerprint density at radius 1 is 0.349 bits per heavy atom. The maximum atomic E-state index is 5.06. The van der Waals surface area contributed by atoms with Gasteiger partial charge in [-0.15, -0.1) is 0 Å². The van der Waals surface area contributed by atoms with E-state index in [-0.39, 0.29) is 0 Å². The Balaban J connectivity index is 1.01. The molecule has 0 atom stereocenters. The molecule has 0 unspecified atom stereocenters. The second-order valence-electron chi connectivity index (χ2n) is 16.2. The van der Waals surface area contributed by atoms with Gasteiger partial charge in [-0.2, -0.15) is 0 Å². The molecule has 0 saturated heterocycles. The van der Waals surface area contributed by atoms with Crippen molar-refractivity contribution in [2.75, 3.05) is 0 Å². The topological polar surface area (TPSA) is 24.7 Å². The summed E-state index contributed by atoms with van der Waals surface area (Å²) in [5.74, 6) is 0.571. The highest BCUT2D eigenvalue weighted by Gasteiger charge is 2.51. The number of hydrogen-bond donors (Lipinski definition) is 0. The molecule has 0 heterocycles. The Labute approximate surface area is 369 Å². The lowest BCUT2D eigenvalue weighted by molar-refractivity contribution is 0.794. The molecule has 296 valence electrons. The number of rotatable bonds is 8. The van der Waals surface area contributed by atoms with Crippen LogP contribution in [0.2, 0.25) is 0 Å². The standard InChI is InChI=1S/C61H42N2/c1-3-59(47-23-11-6-12-24-47)63-60(62-41(2)42-19-7-4-8-20-42)48-37-33-44(34-38-48)43-31-35-46(36-32-43)53-40-58-54(39-52(53)45-21-9-5-10-22-45)51-27-15-18-30-57(51)61(58)55-28-16-13-25-49(55)50-26-14-17-29-56(50)61/h3-40H,1-2H2. The van der Waals surface area contributed by atoms with Crippen molar-refractivity contribution in [2.24, 2.45) is 9.98 Å². The quantitative estimate of drug-likeness (QED) is 0.108. The molecule has 1 spiro atoms. The smallest absolute Gasteiger partial charge is 0.160 e. The predicted molar refractivity (Wildman–Crippen MR) is 264 cm³/mol. The monoisotopic (exact) mass is 802 g/mol. The lowest BCUT2D eigenvalue weighted by atomic mass is 9.70. The van der Waals surface area contributed by atoms with Gasteiger partial charge in [0, 0.05) is 11.1 Å². The molecule has 9 aromatic rings. The van der Waals surface area contributed by atoms with Crippen molar-refractivity contribution in [2.45, 2.75) is 5.41 Å². The van der Waals surface area contributed by atoms with Gasteiger partial charge in [0.05, 0.1) is 16.8 Å². The third kappa shape index (κ3) is 6.35. The second-order valence-corrected chi connectivity index (χ2v) is 16.2. The molecule has 0 fully saturated rings. The highest BCUT2D eigenvalue weighted by molar-refractivity contribution is 6.17. The summed E-state index contributed by atoms with van der Waals surface area (Å²) in [6.45, 7) is 8.39. The molecule has 2 aliphatic rings. The molecule has 9 aromatic carbocycles. The first-order valence-electron chi connectivity index (χ1n) is 21.5. The Morgan fingerprint density at radius 3 is 1.33 bits per heavy atom. The summed E-state index contributed by atoms with van der Waals surface area (Å²) in [7, 11) is 0. The molecule has 0 aromatic heterocycles. The van der Waals surface area contributed by atoms with Crippen LogP contribution in [0.5, 0.6) is 0 Å². The van der Waals surface area contributed by atoms with E-state index in [1.807, 2.05) is 60.7 Å². The number of hydrogen-bond acceptors (Lipinski definition) is 1. The Kier molecular flexibility index (Phi) is 9.40. The average Bonchev–Trinajstić information content (AvgIpc) is 3.82. The normalized spacial score (nSPS) is 13.2. The van der Waals surface area contributed by atoms with E-state index in [0.717, 1.165) is 33.5 Å². The zero-order chi connectivity index (χ0) is 42.3. The van der Waals surface area contributed by atoms with Crippen molar-refractivity contribution < 1.29 is 0 Å². The summed E-state index contributed by atoms with van der Waals surface area (Å²) >= 11 is 0. The second kappa shape index (κ2) is 15.7. The van der Waals surface area contributed by atoms with Crippen LogP contribution in [0.4, 0.5) is 0 Å². The number of nitrogens with zero attached hydrogens (tertiary/aromatic N) is 2. The lowest BCUT2D eigenvalue weighted by Gasteiger charge is -2.31. The molecule has 0 aliphatic heterocycles. The number of aliphatic imine (C=N–C) groups is 2. The predicted octanol–water partition coefficient (Wildman–Crippen LogP) is 15.1. The van der Waals surface area contributed by atoms with Gasteiger partial charge in [0.1, 0.15) is 0 Å². The fourth-order valence-corrected chi connectivity index (χ4v) is 9.82. The molecule has 0 bridgehead atoms. The van der Waals surface area contributed by atoms with Crippen LogP contribution in [0.15, 0.2) is 254 Å². The minimum absolute atomic E-state index is 0.419. The van der Waals surface area contributed by atoms with Crippen LogP contribution in [0.1, 0.15) is 38.9 Å². The van der Waals surface area contributed by atoms with Crippen molar-refractivity contribution in [3.8, 4) is 55.6 Å². The van der Waals surface area contributed by atoms with Crippen LogP contribution in [0.25, 0.3) is 61.3 Å². The van der Waals surface area contributed by atoms with Crippen LogP contribution < -0.4 is 0 Å². The summed E-state index contributed by atoms with van der Waals surface area (Å²) < 4.78 is 0. The fourth-order valence-electron chi connectivity index (χ4n) is 9.82. The molecule has 2 aliphatic carbocycles. The van der Waals surface area contributed by atoms with Crippen molar-refractivity contribution in [1.82, 2.24) is 0 Å². The minimum atomic E-state index is -0.419. The minimum Gasteiger partial charge on any atom is -0.229 e. The van der Waals surface area contributed by atoms with Gasteiger partial charge in [-0.25, -0.2) is 9.98 Å². The van der Waals surface area contributed by atoms with Crippen molar-refractivity contribution in [1.29, 1.82) is 0 Å². The summed E-state index contributed by atoms with van der Waals surface area (Å²) in [5.41, 5.74) is 21.4. The molecule has 0 saturated carbocycles. The van der Waals surface area contributed by atoms with Gasteiger partial charge in [-0.1, -0.05) is 225 Å². The molecule has 63 heavy (non-hydrogen) atoms. The van der Waals surface area contributed by atoms with Gasteiger partial charge >= 0.3 is 0 Å². The molecule has 11 rings (SSSR count). The largest absolute Gasteiger partial charge is 0.229 e. The number of allylic oxidation sites excluding steroid dienone is 1. The third-order valence-electron chi connectivity index (χ3n) is 12.7. The molecule has 2 heteroatoms. The van der Waals surface area contributed by atoms with Crippen LogP contribution >= 0.6 is 0 Å². The first kappa shape index (κ1) is 37.8. The van der Waals surface area contributed by atoms with Gasteiger partial charge in [0.2, 0.25) is 0 Å². The van der Waals surface area contributed by atoms with Crippen LogP contribution in [0, 0.1) is 0 Å². The summed E-state index contributed by atoms with van der Waals surface area (Å²) in [6.07, 6.45) is 1.78. The maximum Gasteiger partial charge on any atom is 0.160 e. The van der Waals surface area contributed by atoms with Crippen LogP contribution in [-0.4, -0.2) is 11.5 Å². The van der Waals surface area contributed by atoms with Gasteiger partial charge in [-0.3, -0.25) is 0 Å². The van der Waals surface area contributed by atoms with Gasteiger partial charge in [0.15, 0.2) is 5.84 Å². The first-order valence-corrected chi connectivity index (χ1v) is 21.5. The zero-order valence-electron chi connectivity index (χ0n) is 34.7. The Hall–Kier alpha value is -8.20. The summed E-state index contributed by atoms with van der Waals surface area (Å²) in [4.78, 5) is 10.0. The van der Waals surface area contributed by atoms with Crippen molar-refractivity contribution in [3.63, 3.8) is 0 Å². The average molecular weight is 803 g/mol. The van der Waals surface area contributed by atoms with E-state index < -0.39 is 5.41 Å². The van der Waals surface area contributed by atoms with Crippen LogP contribution in [0.3, 0.4) is 0 Å². The zero-order valence-corrected chi connectivity index (χ0v) is 34.7. The SMILES string of the molecule is C=CC(=NC(=NC(=C)c1ccccc1)c1ccc(-c2ccc(-c3cc4c(cc3-c3ccccc3)-c3ccccc3C43c4ccccc4-c4ccccc43)cc2)cc1)c1ccccc1. The van der Waals surface area contributed by atoms with E-state index in [2.05, 4.69) is 177 Å². The number of benzene rings is 9. The Bertz CT molecular complexity index is 3220. The van der Waals surface area contributed by atoms with Gasteiger partial charge < -0.3 is 0 Å². The molecular formula is C61H42N2. The van der Waals surface area contributed by atoms with Crippen molar-refractivity contribution in [3.05, 3.63) is 283 Å². The summed E-state index contributed by atoms with van der Waals surface area (Å²) in [6, 6.07) is 80.4. The maximum absolute atomic E-state index is 5.06. The molecule has 0 N–H and O–H groups in total. The van der Waals surface area contributed by atoms with E-state index in [1.54, 1.807) is 6.08 Å². The third-order valence-corrected chi connectivity index (χ3v) is 12.7. The van der Waals surface area contributed by atoms with Gasteiger partial charge in [0.25, 0.3) is 0 Å². The van der Waals surface area contributed by atoms with E-state index in [0.29, 0.717) is 11.5 Å². The molecular weight excluding hydrogens is 761 g/mol. The highest BCUT2D eigenvalue weighted by atomic mass is 14.9. The Morgan fingerprint density at radius 2 is 0.778 bits per heavy atom. The highest BCUT2D eigenvalue weighted by Crippen LogP contribution is 2.63. The number of fused-ring (bicyclic) bond motifs is 10. The summed E-state index contributed by atoms with van der Waals surface area (Å²) in [5, 5.41) is 0.